The van der Waals surface area contributed by atoms with Crippen LogP contribution in [0.2, 0.25) is 15.1 Å². The molecule has 2 aromatic carbocycles. The van der Waals surface area contributed by atoms with Crippen molar-refractivity contribution in [2.75, 3.05) is 74.4 Å². The lowest BCUT2D eigenvalue weighted by atomic mass is 10.2. The summed E-state index contributed by atoms with van der Waals surface area (Å²) in [6.45, 7) is 7.38. The van der Waals surface area contributed by atoms with Gasteiger partial charge in [-0.3, -0.25) is 4.90 Å². The maximum absolute atomic E-state index is 13.1. The van der Waals surface area contributed by atoms with Crippen molar-refractivity contribution in [2.45, 2.75) is 6.92 Å². The van der Waals surface area contributed by atoms with Crippen molar-refractivity contribution in [3.05, 3.63) is 45.7 Å². The van der Waals surface area contributed by atoms with Crippen LogP contribution < -0.4 is 29.9 Å². The highest BCUT2D eigenvalue weighted by Gasteiger charge is 2.26. The highest BCUT2D eigenvalue weighted by atomic mass is 35.5. The third-order valence-electron chi connectivity index (χ3n) is 6.35. The van der Waals surface area contributed by atoms with Crippen LogP contribution in [-0.2, 0) is 0 Å². The summed E-state index contributed by atoms with van der Waals surface area (Å²) < 4.78 is 10.5. The fourth-order valence-corrected chi connectivity index (χ4v) is 5.20. The highest BCUT2D eigenvalue weighted by Crippen LogP contribution is 2.50. The van der Waals surface area contributed by atoms with E-state index in [4.69, 9.17) is 44.3 Å². The van der Waals surface area contributed by atoms with Crippen molar-refractivity contribution < 1.29 is 14.3 Å². The Labute approximate surface area is 242 Å². The molecule has 3 aromatic rings. The van der Waals surface area contributed by atoms with Crippen molar-refractivity contribution in [2.24, 2.45) is 0 Å². The lowest BCUT2D eigenvalue weighted by Gasteiger charge is -2.35. The molecule has 1 aliphatic rings. The van der Waals surface area contributed by atoms with Crippen LogP contribution in [-0.4, -0.2) is 79.9 Å². The molecule has 11 nitrogen and oxygen atoms in total. The maximum atomic E-state index is 13.1. The van der Waals surface area contributed by atoms with Crippen LogP contribution in [0, 0.1) is 0 Å². The third kappa shape index (κ3) is 6.33. The standard InChI is InChI=1S/C25H29Cl3N8O3/c1-5-35-10-12-36(13-11-35)16-8-6-15(7-9-16)31-23-29-14-30-24(33-23)34(2)25(37)32-20-17(26)21(38-3)19(28)22(39-4)18(20)27/h6-9,14H,5,10-13H2,1-4H3,(H,32,37)(H,29,30,31,33). The first-order chi connectivity index (χ1) is 18.8. The Hall–Kier alpha value is -3.25. The summed E-state index contributed by atoms with van der Waals surface area (Å²) in [6, 6.07) is 7.44. The van der Waals surface area contributed by atoms with Gasteiger partial charge in [-0.1, -0.05) is 41.7 Å². The Kier molecular flexibility index (Phi) is 9.39. The lowest BCUT2D eigenvalue weighted by Crippen LogP contribution is -2.46. The molecule has 0 atom stereocenters. The number of nitrogens with zero attached hydrogens (tertiary/aromatic N) is 6. The molecule has 1 saturated heterocycles. The number of methoxy groups -OCH3 is 2. The Morgan fingerprint density at radius 3 is 2.15 bits per heavy atom. The summed E-state index contributed by atoms with van der Waals surface area (Å²) in [7, 11) is 4.27. The third-order valence-corrected chi connectivity index (χ3v) is 7.41. The van der Waals surface area contributed by atoms with Gasteiger partial charge in [0.1, 0.15) is 21.4 Å². The molecule has 14 heteroatoms. The van der Waals surface area contributed by atoms with Gasteiger partial charge in [0, 0.05) is 44.6 Å². The molecule has 0 spiro atoms. The maximum Gasteiger partial charge on any atom is 0.328 e. The predicted molar refractivity (Wildman–Crippen MR) is 156 cm³/mol. The van der Waals surface area contributed by atoms with E-state index in [0.717, 1.165) is 44.1 Å². The van der Waals surface area contributed by atoms with Gasteiger partial charge < -0.3 is 29.9 Å². The summed E-state index contributed by atoms with van der Waals surface area (Å²) in [5.41, 5.74) is 2.03. The molecular formula is C25H29Cl3N8O3. The molecule has 1 aromatic heterocycles. The van der Waals surface area contributed by atoms with Crippen molar-refractivity contribution in [1.29, 1.82) is 0 Å². The van der Waals surface area contributed by atoms with Gasteiger partial charge in [-0.05, 0) is 30.8 Å². The van der Waals surface area contributed by atoms with Crippen molar-refractivity contribution >= 4 is 69.8 Å². The van der Waals surface area contributed by atoms with Gasteiger partial charge in [-0.15, -0.1) is 0 Å². The number of hydrogen-bond donors (Lipinski definition) is 2. The molecule has 0 radical (unpaired) electrons. The van der Waals surface area contributed by atoms with Gasteiger partial charge in [0.15, 0.2) is 11.5 Å². The highest BCUT2D eigenvalue weighted by molar-refractivity contribution is 6.45. The van der Waals surface area contributed by atoms with Crippen molar-refractivity contribution in [3.8, 4) is 11.5 Å². The number of benzene rings is 2. The smallest absolute Gasteiger partial charge is 0.328 e. The second-order valence-electron chi connectivity index (χ2n) is 8.57. The Morgan fingerprint density at radius 1 is 0.974 bits per heavy atom. The van der Waals surface area contributed by atoms with E-state index in [1.54, 1.807) is 0 Å². The van der Waals surface area contributed by atoms with E-state index < -0.39 is 6.03 Å². The van der Waals surface area contributed by atoms with Gasteiger partial charge in [-0.2, -0.15) is 4.98 Å². The number of likely N-dealkylation sites (N-methyl/N-ethyl adjacent to an activating group) is 1. The van der Waals surface area contributed by atoms with Crippen LogP contribution in [0.25, 0.3) is 0 Å². The molecule has 0 unspecified atom stereocenters. The molecule has 39 heavy (non-hydrogen) atoms. The number of ether oxygens (including phenoxy) is 2. The van der Waals surface area contributed by atoms with Crippen LogP contribution >= 0.6 is 34.8 Å². The van der Waals surface area contributed by atoms with E-state index in [0.29, 0.717) is 0 Å². The minimum absolute atomic E-state index is 0.0174. The number of nitrogens with one attached hydrogen (secondary N) is 2. The molecule has 1 fully saturated rings. The number of carbonyl (C=O) groups is 1. The van der Waals surface area contributed by atoms with E-state index >= 15 is 0 Å². The quantitative estimate of drug-likeness (QED) is 0.354. The van der Waals surface area contributed by atoms with Gasteiger partial charge in [0.2, 0.25) is 11.9 Å². The van der Waals surface area contributed by atoms with E-state index in [9.17, 15) is 4.79 Å². The number of piperazine rings is 1. The normalized spacial score (nSPS) is 13.7. The molecule has 208 valence electrons. The number of rotatable bonds is 8. The Morgan fingerprint density at radius 2 is 1.59 bits per heavy atom. The first kappa shape index (κ1) is 28.8. The SMILES string of the molecule is CCN1CCN(c2ccc(Nc3ncnc(N(C)C(=O)Nc4c(Cl)c(OC)c(Cl)c(OC)c4Cl)n3)cc2)CC1. The first-order valence-electron chi connectivity index (χ1n) is 12.1. The lowest BCUT2D eigenvalue weighted by molar-refractivity contribution is 0.257. The predicted octanol–water partition coefficient (Wildman–Crippen LogP) is 5.40. The number of hydrogen-bond acceptors (Lipinski definition) is 9. The second-order valence-corrected chi connectivity index (χ2v) is 9.71. The molecule has 2 amide bonds. The summed E-state index contributed by atoms with van der Waals surface area (Å²) in [5, 5.41) is 5.91. The molecule has 0 bridgehead atoms. The number of amides is 2. The zero-order chi connectivity index (χ0) is 28.1. The van der Waals surface area contributed by atoms with E-state index in [1.807, 2.05) is 12.1 Å². The van der Waals surface area contributed by atoms with E-state index in [-0.39, 0.29) is 44.2 Å². The zero-order valence-electron chi connectivity index (χ0n) is 22.0. The number of aromatic nitrogens is 3. The van der Waals surface area contributed by atoms with E-state index in [1.165, 1.54) is 32.5 Å². The molecule has 0 saturated carbocycles. The first-order valence-corrected chi connectivity index (χ1v) is 13.3. The number of urea groups is 1. The average Bonchev–Trinajstić information content (AvgIpc) is 2.96. The fraction of sp³-hybridized carbons (Fsp3) is 0.360. The molecule has 0 aliphatic carbocycles. The van der Waals surface area contributed by atoms with Crippen LogP contribution in [0.4, 0.5) is 33.8 Å². The van der Waals surface area contributed by atoms with Crippen LogP contribution in [0.5, 0.6) is 11.5 Å². The van der Waals surface area contributed by atoms with Crippen LogP contribution in [0.1, 0.15) is 6.92 Å². The van der Waals surface area contributed by atoms with Gasteiger partial charge in [0.25, 0.3) is 0 Å². The Balaban J connectivity index is 1.45. The zero-order valence-corrected chi connectivity index (χ0v) is 24.2. The topological polar surface area (TPSA) is 108 Å². The summed E-state index contributed by atoms with van der Waals surface area (Å²) in [5.74, 6) is 0.585. The van der Waals surface area contributed by atoms with E-state index in [2.05, 4.69) is 54.4 Å². The number of carbonyl (C=O) groups excluding carboxylic acids is 1. The Bertz CT molecular complexity index is 1290. The van der Waals surface area contributed by atoms with Crippen LogP contribution in [0.3, 0.4) is 0 Å². The molecule has 2 N–H and O–H groups in total. The van der Waals surface area contributed by atoms with Gasteiger partial charge in [-0.25, -0.2) is 14.8 Å². The second kappa shape index (κ2) is 12.7. The molecule has 1 aliphatic heterocycles. The minimum Gasteiger partial charge on any atom is -0.493 e. The fourth-order valence-electron chi connectivity index (χ4n) is 4.09. The monoisotopic (exact) mass is 594 g/mol. The van der Waals surface area contributed by atoms with Crippen LogP contribution in [0.15, 0.2) is 30.6 Å². The molecular weight excluding hydrogens is 567 g/mol. The summed E-state index contributed by atoms with van der Waals surface area (Å²) in [4.78, 5) is 31.7. The average molecular weight is 596 g/mol. The summed E-state index contributed by atoms with van der Waals surface area (Å²) >= 11 is 19.0. The van der Waals surface area contributed by atoms with Gasteiger partial charge >= 0.3 is 6.03 Å². The molecule has 2 heterocycles. The van der Waals surface area contributed by atoms with Crippen molar-refractivity contribution in [1.82, 2.24) is 19.9 Å². The number of anilines is 5. The minimum atomic E-state index is -0.616. The van der Waals surface area contributed by atoms with Crippen molar-refractivity contribution in [3.63, 3.8) is 0 Å². The van der Waals surface area contributed by atoms with Gasteiger partial charge in [0.05, 0.1) is 19.9 Å². The summed E-state index contributed by atoms with van der Waals surface area (Å²) in [6.07, 6.45) is 1.31. The molecule has 4 rings (SSSR count). The largest absolute Gasteiger partial charge is 0.493 e. The number of halogens is 3.